The third-order valence-corrected chi connectivity index (χ3v) is 9.72. The highest BCUT2D eigenvalue weighted by Gasteiger charge is 2.44. The number of nitrogens with zero attached hydrogens (tertiary/aromatic N) is 2. The molecular formula is C38H21BN2O. The summed E-state index contributed by atoms with van der Waals surface area (Å²) in [5, 5.41) is 3.64. The Hall–Kier alpha value is -5.48. The SMILES string of the molecule is c1ccc(-c2ccc3c4c2-n2c5ccccc5n5c6cc7oc8ccccc8c7cc6c(c25)B4c2ccccc2-3)cc1. The molecule has 4 heteroatoms. The van der Waals surface area contributed by atoms with Gasteiger partial charge in [-0.25, -0.2) is 0 Å². The van der Waals surface area contributed by atoms with Crippen molar-refractivity contribution in [2.45, 2.75) is 0 Å². The Morgan fingerprint density at radius 1 is 0.500 bits per heavy atom. The first-order chi connectivity index (χ1) is 20.9. The third kappa shape index (κ3) is 2.35. The predicted octanol–water partition coefficient (Wildman–Crippen LogP) is 7.41. The number of hydrogen-bond acceptors (Lipinski definition) is 1. The zero-order valence-corrected chi connectivity index (χ0v) is 22.5. The van der Waals surface area contributed by atoms with Crippen molar-refractivity contribution < 1.29 is 4.42 Å². The van der Waals surface area contributed by atoms with Gasteiger partial charge in [0.25, 0.3) is 6.71 Å². The maximum absolute atomic E-state index is 6.43. The van der Waals surface area contributed by atoms with Crippen LogP contribution >= 0.6 is 0 Å². The molecule has 2 aliphatic heterocycles. The molecule has 3 aromatic heterocycles. The molecule has 192 valence electrons. The number of hydrogen-bond donors (Lipinski definition) is 0. The molecule has 0 bridgehead atoms. The second-order valence-electron chi connectivity index (χ2n) is 11.7. The first-order valence-corrected chi connectivity index (χ1v) is 14.6. The normalized spacial score (nSPS) is 13.2. The maximum Gasteiger partial charge on any atom is 0.251 e. The van der Waals surface area contributed by atoms with Gasteiger partial charge in [0, 0.05) is 22.4 Å². The van der Waals surface area contributed by atoms with Gasteiger partial charge in [0.1, 0.15) is 16.8 Å². The molecule has 2 aliphatic rings. The number of fused-ring (bicyclic) bond motifs is 14. The number of benzene rings is 6. The van der Waals surface area contributed by atoms with Gasteiger partial charge in [-0.3, -0.25) is 8.97 Å². The second-order valence-corrected chi connectivity index (χ2v) is 11.7. The lowest BCUT2D eigenvalue weighted by Gasteiger charge is -2.25. The summed E-state index contributed by atoms with van der Waals surface area (Å²) in [5.41, 5.74) is 17.4. The zero-order chi connectivity index (χ0) is 27.1. The van der Waals surface area contributed by atoms with Crippen molar-refractivity contribution >= 4 is 72.6 Å². The van der Waals surface area contributed by atoms with Crippen LogP contribution in [0.2, 0.25) is 0 Å². The standard InChI is InChI=1S/C38H21BN2O/c1-2-10-22(11-3-1)23-18-19-26-24-12-4-6-14-29(24)39-35(26)37(23)41-31-16-8-7-15-30(31)40-32-21-34-27(20-28(32)36(39)38(40)41)25-13-5-9-17-33(25)42-34/h1-21H. The van der Waals surface area contributed by atoms with E-state index in [1.165, 1.54) is 82.7 Å². The Balaban J connectivity index is 1.42. The van der Waals surface area contributed by atoms with Crippen molar-refractivity contribution in [3.05, 3.63) is 127 Å². The Kier molecular flexibility index (Phi) is 3.67. The second kappa shape index (κ2) is 7.23. The molecule has 3 nitrogen and oxygen atoms in total. The molecule has 5 heterocycles. The van der Waals surface area contributed by atoms with Gasteiger partial charge in [-0.05, 0) is 57.3 Å². The molecule has 0 fully saturated rings. The van der Waals surface area contributed by atoms with Crippen molar-refractivity contribution in [3.8, 4) is 27.9 Å². The molecule has 0 saturated carbocycles. The average Bonchev–Trinajstić information content (AvgIpc) is 3.77. The molecule has 0 amide bonds. The number of imidazole rings is 1. The molecule has 0 N–H and O–H groups in total. The Bertz CT molecular complexity index is 2640. The van der Waals surface area contributed by atoms with Crippen LogP contribution in [0, 0.1) is 0 Å². The van der Waals surface area contributed by atoms with E-state index in [4.69, 9.17) is 4.42 Å². The first kappa shape index (κ1) is 21.3. The fraction of sp³-hybridized carbons (Fsp3) is 0. The lowest BCUT2D eigenvalue weighted by atomic mass is 9.37. The Morgan fingerprint density at radius 3 is 2.19 bits per heavy atom. The summed E-state index contributed by atoms with van der Waals surface area (Å²) in [6.07, 6.45) is 0. The van der Waals surface area contributed by atoms with Crippen LogP contribution in [0.3, 0.4) is 0 Å². The maximum atomic E-state index is 6.43. The van der Waals surface area contributed by atoms with Crippen LogP contribution in [0.15, 0.2) is 132 Å². The molecular weight excluding hydrogens is 511 g/mol. The molecule has 42 heavy (non-hydrogen) atoms. The summed E-state index contributed by atoms with van der Waals surface area (Å²) in [4.78, 5) is 0. The topological polar surface area (TPSA) is 22.5 Å². The van der Waals surface area contributed by atoms with Crippen molar-refractivity contribution in [2.75, 3.05) is 0 Å². The van der Waals surface area contributed by atoms with Gasteiger partial charge in [-0.1, -0.05) is 103 Å². The van der Waals surface area contributed by atoms with Crippen LogP contribution < -0.4 is 16.4 Å². The number of para-hydroxylation sites is 3. The third-order valence-electron chi connectivity index (χ3n) is 9.72. The van der Waals surface area contributed by atoms with E-state index in [-0.39, 0.29) is 6.71 Å². The summed E-state index contributed by atoms with van der Waals surface area (Å²) >= 11 is 0. The smallest absolute Gasteiger partial charge is 0.251 e. The van der Waals surface area contributed by atoms with Crippen LogP contribution in [0.4, 0.5) is 0 Å². The summed E-state index contributed by atoms with van der Waals surface area (Å²) < 4.78 is 11.5. The molecule has 0 unspecified atom stereocenters. The first-order valence-electron chi connectivity index (χ1n) is 14.6. The molecule has 0 aliphatic carbocycles. The minimum Gasteiger partial charge on any atom is -0.456 e. The molecule has 0 spiro atoms. The van der Waals surface area contributed by atoms with E-state index in [1.807, 2.05) is 6.07 Å². The minimum absolute atomic E-state index is 0.148. The van der Waals surface area contributed by atoms with E-state index in [9.17, 15) is 0 Å². The van der Waals surface area contributed by atoms with Crippen LogP contribution in [0.1, 0.15) is 0 Å². The monoisotopic (exact) mass is 532 g/mol. The van der Waals surface area contributed by atoms with Crippen LogP contribution in [0.25, 0.3) is 77.5 Å². The Labute approximate surface area is 240 Å². The van der Waals surface area contributed by atoms with Gasteiger partial charge < -0.3 is 4.42 Å². The number of rotatable bonds is 1. The van der Waals surface area contributed by atoms with E-state index in [0.717, 1.165) is 11.2 Å². The summed E-state index contributed by atoms with van der Waals surface area (Å²) in [6.45, 7) is 0.148. The summed E-state index contributed by atoms with van der Waals surface area (Å²) in [5.74, 6) is 0. The van der Waals surface area contributed by atoms with E-state index < -0.39 is 0 Å². The molecule has 9 aromatic rings. The van der Waals surface area contributed by atoms with Crippen molar-refractivity contribution in [2.24, 2.45) is 0 Å². The highest BCUT2D eigenvalue weighted by Crippen LogP contribution is 2.42. The lowest BCUT2D eigenvalue weighted by Crippen LogP contribution is -2.53. The highest BCUT2D eigenvalue weighted by atomic mass is 16.3. The van der Waals surface area contributed by atoms with Gasteiger partial charge in [0.05, 0.1) is 22.2 Å². The van der Waals surface area contributed by atoms with Gasteiger partial charge in [0.15, 0.2) is 0 Å². The largest absolute Gasteiger partial charge is 0.456 e. The molecule has 11 rings (SSSR count). The van der Waals surface area contributed by atoms with Crippen LogP contribution in [-0.2, 0) is 0 Å². The van der Waals surface area contributed by atoms with Gasteiger partial charge in [0.2, 0.25) is 0 Å². The van der Waals surface area contributed by atoms with Crippen molar-refractivity contribution in [3.63, 3.8) is 0 Å². The Morgan fingerprint density at radius 2 is 1.26 bits per heavy atom. The fourth-order valence-corrected chi connectivity index (χ4v) is 8.12. The quantitative estimate of drug-likeness (QED) is 0.202. The molecule has 0 atom stereocenters. The predicted molar refractivity (Wildman–Crippen MR) is 175 cm³/mol. The number of furan rings is 1. The van der Waals surface area contributed by atoms with Gasteiger partial charge in [-0.15, -0.1) is 0 Å². The van der Waals surface area contributed by atoms with E-state index in [2.05, 4.69) is 130 Å². The minimum atomic E-state index is 0.148. The van der Waals surface area contributed by atoms with Gasteiger partial charge in [-0.2, -0.15) is 0 Å². The van der Waals surface area contributed by atoms with Gasteiger partial charge >= 0.3 is 0 Å². The van der Waals surface area contributed by atoms with E-state index >= 15 is 0 Å². The highest BCUT2D eigenvalue weighted by molar-refractivity contribution is 7.02. The van der Waals surface area contributed by atoms with Crippen LogP contribution in [-0.4, -0.2) is 15.7 Å². The van der Waals surface area contributed by atoms with Crippen molar-refractivity contribution in [1.82, 2.24) is 8.97 Å². The lowest BCUT2D eigenvalue weighted by molar-refractivity contribution is 0.669. The van der Waals surface area contributed by atoms with Crippen molar-refractivity contribution in [1.29, 1.82) is 0 Å². The zero-order valence-electron chi connectivity index (χ0n) is 22.5. The molecule has 6 aromatic carbocycles. The number of aromatic nitrogens is 2. The van der Waals surface area contributed by atoms with Crippen LogP contribution in [0.5, 0.6) is 0 Å². The fourth-order valence-electron chi connectivity index (χ4n) is 8.12. The van der Waals surface area contributed by atoms with E-state index in [1.54, 1.807) is 0 Å². The summed E-state index contributed by atoms with van der Waals surface area (Å²) in [6, 6.07) is 46.5. The summed E-state index contributed by atoms with van der Waals surface area (Å²) in [7, 11) is 0. The van der Waals surface area contributed by atoms with E-state index in [0.29, 0.717) is 0 Å². The molecule has 0 saturated heterocycles. The molecule has 0 radical (unpaired) electrons. The average molecular weight is 532 g/mol.